The number of carbonyl (C=O) groups excluding carboxylic acids is 1. The molecule has 1 unspecified atom stereocenters. The van der Waals surface area contributed by atoms with E-state index in [9.17, 15) is 9.90 Å². The van der Waals surface area contributed by atoms with Crippen molar-refractivity contribution in [3.05, 3.63) is 35.8 Å². The molecule has 0 saturated carbocycles. The molecule has 0 aromatic carbocycles. The number of carbonyl (C=O) groups is 1. The molecule has 0 fully saturated rings. The summed E-state index contributed by atoms with van der Waals surface area (Å²) in [7, 11) is 0. The SMILES string of the molecule is CCCOc1ncccc1CNC(=O)c1cn(CC(O)CC)nn1. The zero-order chi connectivity index (χ0) is 17.4. The van der Waals surface area contributed by atoms with Crippen molar-refractivity contribution in [1.82, 2.24) is 25.3 Å². The number of hydrogen-bond acceptors (Lipinski definition) is 6. The number of nitrogens with zero attached hydrogens (tertiary/aromatic N) is 4. The average Bonchev–Trinajstić information content (AvgIpc) is 3.06. The Bertz CT molecular complexity index is 659. The van der Waals surface area contributed by atoms with E-state index in [1.807, 2.05) is 19.9 Å². The van der Waals surface area contributed by atoms with Gasteiger partial charge < -0.3 is 15.2 Å². The molecule has 1 atom stereocenters. The second-order valence-corrected chi connectivity index (χ2v) is 5.39. The molecule has 2 rings (SSSR count). The molecule has 0 aliphatic rings. The van der Waals surface area contributed by atoms with Crippen molar-refractivity contribution in [2.24, 2.45) is 0 Å². The molecule has 2 aromatic rings. The fourth-order valence-electron chi connectivity index (χ4n) is 1.99. The van der Waals surface area contributed by atoms with E-state index in [4.69, 9.17) is 4.74 Å². The molecular weight excluding hydrogens is 310 g/mol. The molecule has 0 aliphatic carbocycles. The summed E-state index contributed by atoms with van der Waals surface area (Å²) in [6.45, 7) is 5.07. The monoisotopic (exact) mass is 333 g/mol. The first-order chi connectivity index (χ1) is 11.6. The van der Waals surface area contributed by atoms with Crippen LogP contribution in [0.15, 0.2) is 24.5 Å². The predicted molar refractivity (Wildman–Crippen MR) is 87.5 cm³/mol. The van der Waals surface area contributed by atoms with Gasteiger partial charge in [0.2, 0.25) is 5.88 Å². The zero-order valence-corrected chi connectivity index (χ0v) is 14.0. The van der Waals surface area contributed by atoms with Crippen LogP contribution in [0.2, 0.25) is 0 Å². The summed E-state index contributed by atoms with van der Waals surface area (Å²) in [5.74, 6) is 0.187. The minimum atomic E-state index is -0.503. The van der Waals surface area contributed by atoms with Crippen LogP contribution in [0.1, 0.15) is 42.7 Å². The second-order valence-electron chi connectivity index (χ2n) is 5.39. The van der Waals surface area contributed by atoms with Gasteiger partial charge in [0.05, 0.1) is 25.5 Å². The van der Waals surface area contributed by atoms with Crippen LogP contribution in [-0.4, -0.2) is 43.7 Å². The van der Waals surface area contributed by atoms with E-state index in [1.54, 1.807) is 12.3 Å². The van der Waals surface area contributed by atoms with Crippen LogP contribution >= 0.6 is 0 Å². The fourth-order valence-corrected chi connectivity index (χ4v) is 1.99. The molecule has 130 valence electrons. The quantitative estimate of drug-likeness (QED) is 0.714. The Labute approximate surface area is 140 Å². The highest BCUT2D eigenvalue weighted by molar-refractivity contribution is 5.91. The van der Waals surface area contributed by atoms with E-state index in [0.717, 1.165) is 12.0 Å². The first-order valence-corrected chi connectivity index (χ1v) is 8.07. The summed E-state index contributed by atoms with van der Waals surface area (Å²) < 4.78 is 7.02. The molecule has 0 aliphatic heterocycles. The number of nitrogens with one attached hydrogen (secondary N) is 1. The number of pyridine rings is 1. The maximum Gasteiger partial charge on any atom is 0.273 e. The third-order valence-corrected chi connectivity index (χ3v) is 3.37. The molecule has 2 aromatic heterocycles. The van der Waals surface area contributed by atoms with E-state index in [-0.39, 0.29) is 18.1 Å². The van der Waals surface area contributed by atoms with Crippen molar-refractivity contribution in [2.45, 2.75) is 45.9 Å². The van der Waals surface area contributed by atoms with Gasteiger partial charge in [-0.3, -0.25) is 4.79 Å². The van der Waals surface area contributed by atoms with E-state index in [0.29, 0.717) is 25.5 Å². The predicted octanol–water partition coefficient (Wildman–Crippen LogP) is 1.16. The number of aromatic nitrogens is 4. The molecule has 8 heteroatoms. The minimum Gasteiger partial charge on any atom is -0.477 e. The molecule has 2 N–H and O–H groups in total. The molecule has 0 spiro atoms. The van der Waals surface area contributed by atoms with Gasteiger partial charge >= 0.3 is 0 Å². The van der Waals surface area contributed by atoms with Gasteiger partial charge in [-0.15, -0.1) is 5.10 Å². The molecule has 8 nitrogen and oxygen atoms in total. The van der Waals surface area contributed by atoms with Crippen LogP contribution in [0.5, 0.6) is 5.88 Å². The number of aliphatic hydroxyl groups is 1. The number of hydrogen-bond donors (Lipinski definition) is 2. The van der Waals surface area contributed by atoms with Gasteiger partial charge in [0, 0.05) is 18.3 Å². The van der Waals surface area contributed by atoms with Gasteiger partial charge in [-0.05, 0) is 18.9 Å². The van der Waals surface area contributed by atoms with Crippen LogP contribution in [0.4, 0.5) is 0 Å². The van der Waals surface area contributed by atoms with Crippen LogP contribution in [-0.2, 0) is 13.1 Å². The smallest absolute Gasteiger partial charge is 0.273 e. The molecule has 0 bridgehead atoms. The Hall–Kier alpha value is -2.48. The fraction of sp³-hybridized carbons (Fsp3) is 0.500. The molecular formula is C16H23N5O3. The second kappa shape index (κ2) is 8.97. The third kappa shape index (κ3) is 5.02. The summed E-state index contributed by atoms with van der Waals surface area (Å²) in [5, 5.41) is 20.1. The Morgan fingerprint density at radius 2 is 2.29 bits per heavy atom. The molecule has 24 heavy (non-hydrogen) atoms. The summed E-state index contributed by atoms with van der Waals surface area (Å²) in [5.41, 5.74) is 1.01. The van der Waals surface area contributed by atoms with Crippen LogP contribution in [0, 0.1) is 0 Å². The van der Waals surface area contributed by atoms with Crippen molar-refractivity contribution in [2.75, 3.05) is 6.61 Å². The zero-order valence-electron chi connectivity index (χ0n) is 14.0. The summed E-state index contributed by atoms with van der Waals surface area (Å²) in [6, 6.07) is 3.65. The van der Waals surface area contributed by atoms with Crippen LogP contribution in [0.3, 0.4) is 0 Å². The lowest BCUT2D eigenvalue weighted by Crippen LogP contribution is -2.23. The highest BCUT2D eigenvalue weighted by atomic mass is 16.5. The number of rotatable bonds is 9. The van der Waals surface area contributed by atoms with Crippen LogP contribution in [0.25, 0.3) is 0 Å². The average molecular weight is 333 g/mol. The Morgan fingerprint density at radius 3 is 3.04 bits per heavy atom. The summed E-state index contributed by atoms with van der Waals surface area (Å²) >= 11 is 0. The molecule has 0 saturated heterocycles. The highest BCUT2D eigenvalue weighted by Crippen LogP contribution is 2.14. The van der Waals surface area contributed by atoms with Crippen molar-refractivity contribution in [3.8, 4) is 5.88 Å². The van der Waals surface area contributed by atoms with Gasteiger partial charge in [-0.25, -0.2) is 9.67 Å². The van der Waals surface area contributed by atoms with Gasteiger partial charge in [-0.1, -0.05) is 25.1 Å². The maximum atomic E-state index is 12.2. The number of ether oxygens (including phenoxy) is 1. The topological polar surface area (TPSA) is 102 Å². The van der Waals surface area contributed by atoms with Crippen LogP contribution < -0.4 is 10.1 Å². The Morgan fingerprint density at radius 1 is 1.46 bits per heavy atom. The van der Waals surface area contributed by atoms with Gasteiger partial charge in [0.15, 0.2) is 5.69 Å². The largest absolute Gasteiger partial charge is 0.477 e. The lowest BCUT2D eigenvalue weighted by molar-refractivity contribution is 0.0945. The summed E-state index contributed by atoms with van der Waals surface area (Å²) in [4.78, 5) is 16.3. The van der Waals surface area contributed by atoms with Crippen molar-refractivity contribution in [3.63, 3.8) is 0 Å². The first-order valence-electron chi connectivity index (χ1n) is 8.07. The highest BCUT2D eigenvalue weighted by Gasteiger charge is 2.13. The normalized spacial score (nSPS) is 12.0. The summed E-state index contributed by atoms with van der Waals surface area (Å²) in [6.07, 6.45) is 4.17. The van der Waals surface area contributed by atoms with E-state index >= 15 is 0 Å². The van der Waals surface area contributed by atoms with Gasteiger partial charge in [-0.2, -0.15) is 0 Å². The van der Waals surface area contributed by atoms with Gasteiger partial charge in [0.25, 0.3) is 5.91 Å². The Balaban J connectivity index is 1.94. The maximum absolute atomic E-state index is 12.2. The number of amides is 1. The van der Waals surface area contributed by atoms with E-state index in [2.05, 4.69) is 20.6 Å². The lowest BCUT2D eigenvalue weighted by atomic mass is 10.2. The third-order valence-electron chi connectivity index (χ3n) is 3.37. The first kappa shape index (κ1) is 17.9. The standard InChI is InChI=1S/C16H23N5O3/c1-3-8-24-16-12(6-5-7-17-16)9-18-15(23)14-11-21(20-19-14)10-13(22)4-2/h5-7,11,13,22H,3-4,8-10H2,1-2H3,(H,18,23). The van der Waals surface area contributed by atoms with Crippen molar-refractivity contribution < 1.29 is 14.6 Å². The van der Waals surface area contributed by atoms with Crippen molar-refractivity contribution >= 4 is 5.91 Å². The number of aliphatic hydroxyl groups excluding tert-OH is 1. The minimum absolute atomic E-state index is 0.207. The van der Waals surface area contributed by atoms with Gasteiger partial charge in [0.1, 0.15) is 0 Å². The molecule has 1 amide bonds. The molecule has 0 radical (unpaired) electrons. The van der Waals surface area contributed by atoms with E-state index < -0.39 is 6.10 Å². The Kier molecular flexibility index (Phi) is 6.68. The van der Waals surface area contributed by atoms with Crippen molar-refractivity contribution in [1.29, 1.82) is 0 Å². The lowest BCUT2D eigenvalue weighted by Gasteiger charge is -2.09. The molecule has 2 heterocycles. The van der Waals surface area contributed by atoms with E-state index in [1.165, 1.54) is 10.9 Å².